The molecular weight excluding hydrogens is 112 g/mol. The van der Waals surface area contributed by atoms with Crippen molar-refractivity contribution in [2.75, 3.05) is 6.54 Å². The molecule has 9 heavy (non-hydrogen) atoms. The van der Waals surface area contributed by atoms with Gasteiger partial charge in [-0.3, -0.25) is 5.32 Å². The van der Waals surface area contributed by atoms with Crippen molar-refractivity contribution in [1.29, 1.82) is 5.26 Å². The number of nitrogens with one attached hydrogen (secondary N) is 1. The lowest BCUT2D eigenvalue weighted by Crippen LogP contribution is -2.29. The van der Waals surface area contributed by atoms with Crippen LogP contribution >= 0.6 is 0 Å². The molecule has 1 heterocycles. The molecule has 2 heteroatoms. The Hall–Kier alpha value is -0.810. The van der Waals surface area contributed by atoms with Gasteiger partial charge in [0, 0.05) is 6.54 Å². The smallest absolute Gasteiger partial charge is 0.114 e. The zero-order valence-electron chi connectivity index (χ0n) is 5.09. The van der Waals surface area contributed by atoms with Gasteiger partial charge in [-0.25, -0.2) is 0 Å². The average molecular weight is 120 g/mol. The van der Waals surface area contributed by atoms with Crippen LogP contribution in [0.25, 0.3) is 0 Å². The van der Waals surface area contributed by atoms with E-state index in [2.05, 4.69) is 11.4 Å². The maximum atomic E-state index is 8.47. The summed E-state index contributed by atoms with van der Waals surface area (Å²) in [4.78, 5) is 0. The van der Waals surface area contributed by atoms with Crippen LogP contribution in [0.3, 0.4) is 0 Å². The van der Waals surface area contributed by atoms with Gasteiger partial charge in [-0.15, -0.1) is 0 Å². The standard InChI is InChI=1S/C7H8N2/c8-3-7-2-5-1-6(5)4-9-7/h2,6-7,9H,1,4H2/t6-,7-/m0/s1. The van der Waals surface area contributed by atoms with Crippen LogP contribution in [0.5, 0.6) is 0 Å². The molecule has 0 bridgehead atoms. The van der Waals surface area contributed by atoms with Gasteiger partial charge in [-0.2, -0.15) is 5.26 Å². The van der Waals surface area contributed by atoms with Gasteiger partial charge in [0.1, 0.15) is 6.04 Å². The van der Waals surface area contributed by atoms with Gasteiger partial charge < -0.3 is 0 Å². The third kappa shape index (κ3) is 0.739. The molecule has 46 valence electrons. The first-order valence-corrected chi connectivity index (χ1v) is 3.24. The van der Waals surface area contributed by atoms with E-state index in [1.807, 2.05) is 6.08 Å². The van der Waals surface area contributed by atoms with Gasteiger partial charge >= 0.3 is 0 Å². The Balaban J connectivity index is 2.16. The number of hydrogen-bond donors (Lipinski definition) is 1. The molecule has 0 amide bonds. The van der Waals surface area contributed by atoms with Crippen molar-refractivity contribution in [3.63, 3.8) is 0 Å². The van der Waals surface area contributed by atoms with Gasteiger partial charge in [0.25, 0.3) is 0 Å². The van der Waals surface area contributed by atoms with Crippen LogP contribution in [0.15, 0.2) is 11.6 Å². The third-order valence-electron chi connectivity index (χ3n) is 1.95. The highest BCUT2D eigenvalue weighted by Crippen LogP contribution is 2.39. The van der Waals surface area contributed by atoms with Crippen molar-refractivity contribution >= 4 is 0 Å². The summed E-state index contributed by atoms with van der Waals surface area (Å²) in [5, 5.41) is 11.6. The molecule has 1 fully saturated rings. The fourth-order valence-electron chi connectivity index (χ4n) is 1.26. The van der Waals surface area contributed by atoms with Gasteiger partial charge in [0.2, 0.25) is 0 Å². The molecule has 0 aromatic heterocycles. The molecule has 0 unspecified atom stereocenters. The zero-order valence-corrected chi connectivity index (χ0v) is 5.09. The first-order chi connectivity index (χ1) is 4.40. The molecule has 1 aliphatic heterocycles. The number of rotatable bonds is 0. The van der Waals surface area contributed by atoms with Crippen LogP contribution in [0.2, 0.25) is 0 Å². The summed E-state index contributed by atoms with van der Waals surface area (Å²) in [6.45, 7) is 1.02. The van der Waals surface area contributed by atoms with Gasteiger partial charge in [-0.05, 0) is 12.3 Å². The van der Waals surface area contributed by atoms with E-state index < -0.39 is 0 Å². The SMILES string of the molecule is N#C[C@@H]1C=C2C[C@H]2CN1. The highest BCUT2D eigenvalue weighted by Gasteiger charge is 2.33. The largest absolute Gasteiger partial charge is 0.298 e. The van der Waals surface area contributed by atoms with E-state index in [0.717, 1.165) is 12.5 Å². The minimum absolute atomic E-state index is 0.00116. The van der Waals surface area contributed by atoms with Crippen molar-refractivity contribution in [3.8, 4) is 6.07 Å². The van der Waals surface area contributed by atoms with Crippen molar-refractivity contribution in [3.05, 3.63) is 11.6 Å². The summed E-state index contributed by atoms with van der Waals surface area (Å²) < 4.78 is 0. The van der Waals surface area contributed by atoms with Gasteiger partial charge in [0.05, 0.1) is 6.07 Å². The van der Waals surface area contributed by atoms with Gasteiger partial charge in [-0.1, -0.05) is 11.6 Å². The highest BCUT2D eigenvalue weighted by molar-refractivity contribution is 5.31. The lowest BCUT2D eigenvalue weighted by molar-refractivity contribution is 0.624. The fraction of sp³-hybridized carbons (Fsp3) is 0.571. The van der Waals surface area contributed by atoms with E-state index in [1.165, 1.54) is 12.0 Å². The Labute approximate surface area is 54.2 Å². The molecule has 2 nitrogen and oxygen atoms in total. The number of nitriles is 1. The summed E-state index contributed by atoms with van der Waals surface area (Å²) in [5.41, 5.74) is 1.49. The molecule has 1 saturated carbocycles. The quantitative estimate of drug-likeness (QED) is 0.470. The first-order valence-electron chi connectivity index (χ1n) is 3.24. The minimum Gasteiger partial charge on any atom is -0.298 e. The molecule has 1 aliphatic carbocycles. The Bertz CT molecular complexity index is 199. The van der Waals surface area contributed by atoms with Crippen molar-refractivity contribution in [1.82, 2.24) is 5.32 Å². The van der Waals surface area contributed by atoms with E-state index in [1.54, 1.807) is 0 Å². The molecule has 2 rings (SSSR count). The Kier molecular flexibility index (Phi) is 0.882. The molecule has 1 N–H and O–H groups in total. The second-order valence-electron chi connectivity index (χ2n) is 2.66. The van der Waals surface area contributed by atoms with Crippen LogP contribution in [-0.2, 0) is 0 Å². The van der Waals surface area contributed by atoms with Crippen LogP contribution in [-0.4, -0.2) is 12.6 Å². The van der Waals surface area contributed by atoms with Crippen molar-refractivity contribution in [2.24, 2.45) is 5.92 Å². The van der Waals surface area contributed by atoms with E-state index in [9.17, 15) is 0 Å². The number of nitrogens with zero attached hydrogens (tertiary/aromatic N) is 1. The van der Waals surface area contributed by atoms with Crippen LogP contribution < -0.4 is 5.32 Å². The summed E-state index contributed by atoms with van der Waals surface area (Å²) in [6, 6.07) is 2.17. The maximum absolute atomic E-state index is 8.47. The lowest BCUT2D eigenvalue weighted by atomic mass is 10.2. The molecule has 0 aromatic rings. The average Bonchev–Trinajstić information content (AvgIpc) is 2.64. The molecule has 2 aliphatic rings. The normalized spacial score (nSPS) is 38.3. The highest BCUT2D eigenvalue weighted by atomic mass is 14.9. The molecular formula is C7H8N2. The predicted molar refractivity (Wildman–Crippen MR) is 33.6 cm³/mol. The van der Waals surface area contributed by atoms with Gasteiger partial charge in [0.15, 0.2) is 0 Å². The molecule has 2 atom stereocenters. The molecule has 0 saturated heterocycles. The predicted octanol–water partition coefficient (Wildman–Crippen LogP) is 0.428. The molecule has 0 spiro atoms. The zero-order chi connectivity index (χ0) is 6.27. The Morgan fingerprint density at radius 2 is 2.67 bits per heavy atom. The van der Waals surface area contributed by atoms with Crippen molar-refractivity contribution < 1.29 is 0 Å². The second-order valence-corrected chi connectivity index (χ2v) is 2.66. The van der Waals surface area contributed by atoms with Crippen molar-refractivity contribution in [2.45, 2.75) is 12.5 Å². The summed E-state index contributed by atoms with van der Waals surface area (Å²) in [5.74, 6) is 0.787. The van der Waals surface area contributed by atoms with Crippen LogP contribution in [0.4, 0.5) is 0 Å². The van der Waals surface area contributed by atoms with E-state index in [-0.39, 0.29) is 6.04 Å². The topological polar surface area (TPSA) is 35.8 Å². The summed E-state index contributed by atoms with van der Waals surface area (Å²) in [6.07, 6.45) is 3.28. The number of hydrogen-bond acceptors (Lipinski definition) is 2. The van der Waals surface area contributed by atoms with E-state index >= 15 is 0 Å². The monoisotopic (exact) mass is 120 g/mol. The first kappa shape index (κ1) is 5.01. The second kappa shape index (κ2) is 1.58. The Morgan fingerprint density at radius 1 is 1.78 bits per heavy atom. The van der Waals surface area contributed by atoms with E-state index in [4.69, 9.17) is 5.26 Å². The van der Waals surface area contributed by atoms with Crippen LogP contribution in [0.1, 0.15) is 6.42 Å². The summed E-state index contributed by atoms with van der Waals surface area (Å²) >= 11 is 0. The van der Waals surface area contributed by atoms with Crippen LogP contribution in [0, 0.1) is 17.2 Å². The molecule has 0 radical (unpaired) electrons. The fourth-order valence-corrected chi connectivity index (χ4v) is 1.26. The Morgan fingerprint density at radius 3 is 3.33 bits per heavy atom. The minimum atomic E-state index is -0.00116. The lowest BCUT2D eigenvalue weighted by Gasteiger charge is -2.08. The number of fused-ring (bicyclic) bond motifs is 1. The third-order valence-corrected chi connectivity index (χ3v) is 1.95. The van der Waals surface area contributed by atoms with E-state index in [0.29, 0.717) is 0 Å². The maximum Gasteiger partial charge on any atom is 0.114 e. The molecule has 0 aromatic carbocycles. The summed E-state index contributed by atoms with van der Waals surface area (Å²) in [7, 11) is 0.